The number of aromatic nitrogens is 1. The molecule has 0 aliphatic carbocycles. The van der Waals surface area contributed by atoms with Crippen LogP contribution in [0.1, 0.15) is 10.4 Å². The molecule has 1 N–H and O–H groups in total. The monoisotopic (exact) mass is 217 g/mol. The number of hydrogen-bond donors (Lipinski definition) is 1. The fourth-order valence-corrected chi connectivity index (χ4v) is 2.69. The third-order valence-corrected chi connectivity index (χ3v) is 3.59. The lowest BCUT2D eigenvalue weighted by molar-refractivity contribution is 0.0781. The van der Waals surface area contributed by atoms with Crippen molar-refractivity contribution in [3.63, 3.8) is 0 Å². The van der Waals surface area contributed by atoms with Crippen molar-refractivity contribution in [2.24, 2.45) is 11.8 Å². The van der Waals surface area contributed by atoms with Gasteiger partial charge in [-0.1, -0.05) is 0 Å². The van der Waals surface area contributed by atoms with Crippen LogP contribution in [0, 0.1) is 11.8 Å². The zero-order valence-corrected chi connectivity index (χ0v) is 9.10. The van der Waals surface area contributed by atoms with E-state index in [0.29, 0.717) is 17.4 Å². The van der Waals surface area contributed by atoms with Gasteiger partial charge in [-0.2, -0.15) is 0 Å². The molecular weight excluding hydrogens is 202 g/mol. The largest absolute Gasteiger partial charge is 0.338 e. The van der Waals surface area contributed by atoms with Crippen molar-refractivity contribution in [1.82, 2.24) is 15.2 Å². The molecule has 2 aliphatic heterocycles. The van der Waals surface area contributed by atoms with Gasteiger partial charge in [0, 0.05) is 38.6 Å². The number of carbonyl (C=O) groups is 1. The second-order valence-electron chi connectivity index (χ2n) is 4.63. The van der Waals surface area contributed by atoms with E-state index in [2.05, 4.69) is 10.3 Å². The van der Waals surface area contributed by atoms with Crippen LogP contribution >= 0.6 is 0 Å². The van der Waals surface area contributed by atoms with Crippen LogP contribution in [0.2, 0.25) is 0 Å². The zero-order valence-electron chi connectivity index (χ0n) is 9.10. The average Bonchev–Trinajstić information content (AvgIpc) is 2.89. The summed E-state index contributed by atoms with van der Waals surface area (Å²) in [5.74, 6) is 1.43. The summed E-state index contributed by atoms with van der Waals surface area (Å²) in [6.07, 6.45) is 3.34. The van der Waals surface area contributed by atoms with Crippen molar-refractivity contribution in [3.05, 3.63) is 30.1 Å². The molecule has 2 aliphatic rings. The van der Waals surface area contributed by atoms with E-state index in [4.69, 9.17) is 0 Å². The molecule has 16 heavy (non-hydrogen) atoms. The Balaban J connectivity index is 1.73. The minimum absolute atomic E-state index is 0.127. The first kappa shape index (κ1) is 9.78. The van der Waals surface area contributed by atoms with Gasteiger partial charge in [0.15, 0.2) is 0 Å². The highest BCUT2D eigenvalue weighted by molar-refractivity contribution is 5.94. The van der Waals surface area contributed by atoms with Crippen molar-refractivity contribution in [2.75, 3.05) is 26.2 Å². The van der Waals surface area contributed by atoms with Crippen LogP contribution in [0.4, 0.5) is 0 Å². The quantitative estimate of drug-likeness (QED) is 0.739. The zero-order chi connectivity index (χ0) is 11.0. The Labute approximate surface area is 94.7 Å². The molecule has 0 unspecified atom stereocenters. The minimum atomic E-state index is 0.127. The number of pyridine rings is 1. The van der Waals surface area contributed by atoms with E-state index in [1.54, 1.807) is 12.4 Å². The van der Waals surface area contributed by atoms with Gasteiger partial charge in [-0.05, 0) is 24.0 Å². The average molecular weight is 217 g/mol. The Kier molecular flexibility index (Phi) is 2.36. The van der Waals surface area contributed by atoms with Gasteiger partial charge in [-0.25, -0.2) is 0 Å². The van der Waals surface area contributed by atoms with E-state index in [1.165, 1.54) is 0 Å². The smallest absolute Gasteiger partial charge is 0.255 e. The minimum Gasteiger partial charge on any atom is -0.338 e. The Hall–Kier alpha value is -1.42. The topological polar surface area (TPSA) is 45.2 Å². The van der Waals surface area contributed by atoms with E-state index in [9.17, 15) is 4.79 Å². The number of fused-ring (bicyclic) bond motifs is 1. The molecule has 3 heterocycles. The first-order valence-corrected chi connectivity index (χ1v) is 5.74. The molecule has 0 radical (unpaired) electrons. The van der Waals surface area contributed by atoms with Crippen LogP contribution in [0.3, 0.4) is 0 Å². The molecule has 4 heteroatoms. The maximum Gasteiger partial charge on any atom is 0.255 e. The number of amides is 1. The fraction of sp³-hybridized carbons (Fsp3) is 0.500. The Bertz CT molecular complexity index is 381. The summed E-state index contributed by atoms with van der Waals surface area (Å²) in [6, 6.07) is 3.65. The first-order valence-electron chi connectivity index (χ1n) is 5.74. The second-order valence-corrected chi connectivity index (χ2v) is 4.63. The highest BCUT2D eigenvalue weighted by Crippen LogP contribution is 2.27. The highest BCUT2D eigenvalue weighted by Gasteiger charge is 2.38. The van der Waals surface area contributed by atoms with Gasteiger partial charge in [-0.3, -0.25) is 9.78 Å². The predicted octanol–water partition coefficient (Wildman–Crippen LogP) is 0.373. The molecule has 1 aromatic heterocycles. The summed E-state index contributed by atoms with van der Waals surface area (Å²) in [4.78, 5) is 18.1. The summed E-state index contributed by atoms with van der Waals surface area (Å²) in [6.45, 7) is 3.90. The summed E-state index contributed by atoms with van der Waals surface area (Å²) < 4.78 is 0. The Morgan fingerprint density at radius 1 is 1.38 bits per heavy atom. The van der Waals surface area contributed by atoms with Gasteiger partial charge < -0.3 is 10.2 Å². The molecule has 2 atom stereocenters. The number of nitrogens with zero attached hydrogens (tertiary/aromatic N) is 2. The van der Waals surface area contributed by atoms with E-state index < -0.39 is 0 Å². The molecule has 3 rings (SSSR count). The van der Waals surface area contributed by atoms with E-state index in [-0.39, 0.29) is 5.91 Å². The van der Waals surface area contributed by atoms with Crippen LogP contribution in [0.15, 0.2) is 24.5 Å². The van der Waals surface area contributed by atoms with Gasteiger partial charge in [-0.15, -0.1) is 0 Å². The highest BCUT2D eigenvalue weighted by atomic mass is 16.2. The molecule has 1 aromatic rings. The Morgan fingerprint density at radius 3 is 2.75 bits per heavy atom. The summed E-state index contributed by atoms with van der Waals surface area (Å²) in [5, 5.41) is 3.37. The van der Waals surface area contributed by atoms with Crippen LogP contribution < -0.4 is 5.32 Å². The molecule has 0 spiro atoms. The predicted molar refractivity (Wildman–Crippen MR) is 60.0 cm³/mol. The molecule has 0 bridgehead atoms. The maximum atomic E-state index is 12.1. The standard InChI is InChI=1S/C12H15N3O/c16-12(9-2-1-3-13-4-9)15-7-10-5-14-6-11(10)8-15/h1-4,10-11,14H,5-8H2/t10-,11+. The van der Waals surface area contributed by atoms with Crippen molar-refractivity contribution >= 4 is 5.91 Å². The van der Waals surface area contributed by atoms with Gasteiger partial charge in [0.05, 0.1) is 5.56 Å². The van der Waals surface area contributed by atoms with E-state index in [0.717, 1.165) is 26.2 Å². The lowest BCUT2D eigenvalue weighted by Gasteiger charge is -2.17. The molecule has 0 saturated carbocycles. The van der Waals surface area contributed by atoms with Crippen LogP contribution in [-0.4, -0.2) is 42.0 Å². The van der Waals surface area contributed by atoms with Crippen LogP contribution in [0.5, 0.6) is 0 Å². The van der Waals surface area contributed by atoms with Crippen molar-refractivity contribution in [3.8, 4) is 0 Å². The molecule has 84 valence electrons. The number of rotatable bonds is 1. The second kappa shape index (κ2) is 3.87. The number of nitrogens with one attached hydrogen (secondary N) is 1. The van der Waals surface area contributed by atoms with Gasteiger partial charge in [0.2, 0.25) is 0 Å². The van der Waals surface area contributed by atoms with Gasteiger partial charge in [0.1, 0.15) is 0 Å². The van der Waals surface area contributed by atoms with E-state index in [1.807, 2.05) is 17.0 Å². The lowest BCUT2D eigenvalue weighted by atomic mass is 10.0. The number of likely N-dealkylation sites (tertiary alicyclic amines) is 1. The maximum absolute atomic E-state index is 12.1. The molecule has 2 fully saturated rings. The summed E-state index contributed by atoms with van der Waals surface area (Å²) in [5.41, 5.74) is 0.704. The summed E-state index contributed by atoms with van der Waals surface area (Å²) in [7, 11) is 0. The van der Waals surface area contributed by atoms with E-state index >= 15 is 0 Å². The third kappa shape index (κ3) is 1.59. The number of carbonyl (C=O) groups excluding carboxylic acids is 1. The van der Waals surface area contributed by atoms with Crippen molar-refractivity contribution in [2.45, 2.75) is 0 Å². The fourth-order valence-electron chi connectivity index (χ4n) is 2.69. The van der Waals surface area contributed by atoms with Crippen molar-refractivity contribution in [1.29, 1.82) is 0 Å². The molecular formula is C12H15N3O. The van der Waals surface area contributed by atoms with Crippen LogP contribution in [0.25, 0.3) is 0 Å². The Morgan fingerprint density at radius 2 is 2.12 bits per heavy atom. The molecule has 1 amide bonds. The summed E-state index contributed by atoms with van der Waals surface area (Å²) >= 11 is 0. The molecule has 4 nitrogen and oxygen atoms in total. The SMILES string of the molecule is O=C(c1cccnc1)N1C[C@H]2CNC[C@H]2C1. The first-order chi connectivity index (χ1) is 7.84. The van der Waals surface area contributed by atoms with Crippen molar-refractivity contribution < 1.29 is 4.79 Å². The third-order valence-electron chi connectivity index (χ3n) is 3.59. The molecule has 0 aromatic carbocycles. The number of hydrogen-bond acceptors (Lipinski definition) is 3. The lowest BCUT2D eigenvalue weighted by Crippen LogP contribution is -2.31. The van der Waals surface area contributed by atoms with Crippen LogP contribution in [-0.2, 0) is 0 Å². The normalized spacial score (nSPS) is 28.1. The molecule has 2 saturated heterocycles. The van der Waals surface area contributed by atoms with Gasteiger partial charge in [0.25, 0.3) is 5.91 Å². The van der Waals surface area contributed by atoms with Gasteiger partial charge >= 0.3 is 0 Å².